The number of allylic oxidation sites excluding steroid dienone is 8. The van der Waals surface area contributed by atoms with Crippen molar-refractivity contribution in [3.63, 3.8) is 0 Å². The van der Waals surface area contributed by atoms with Gasteiger partial charge in [-0.15, -0.1) is 0 Å². The average molecular weight is 852 g/mol. The zero-order chi connectivity index (χ0) is 44.1. The Kier molecular flexibility index (Phi) is 36.2. The van der Waals surface area contributed by atoms with Crippen LogP contribution < -0.4 is 5.32 Å². The van der Waals surface area contributed by atoms with Crippen molar-refractivity contribution in [1.82, 2.24) is 5.32 Å². The lowest BCUT2D eigenvalue weighted by Gasteiger charge is -2.40. The number of unbranched alkanes of at least 4 members (excludes halogenated alkanes) is 19. The van der Waals surface area contributed by atoms with Crippen molar-refractivity contribution in [2.75, 3.05) is 13.2 Å². The zero-order valence-corrected chi connectivity index (χ0v) is 37.7. The van der Waals surface area contributed by atoms with E-state index in [0.29, 0.717) is 19.3 Å². The molecule has 0 aromatic heterocycles. The van der Waals surface area contributed by atoms with Gasteiger partial charge in [0.1, 0.15) is 36.6 Å². The van der Waals surface area contributed by atoms with E-state index in [1.807, 2.05) is 0 Å². The van der Waals surface area contributed by atoms with Crippen molar-refractivity contribution in [3.05, 3.63) is 48.6 Å². The summed E-state index contributed by atoms with van der Waals surface area (Å²) < 4.78 is 11.1. The second-order valence-corrected chi connectivity index (χ2v) is 16.8. The van der Waals surface area contributed by atoms with Crippen LogP contribution in [-0.4, -0.2) is 110 Å². The summed E-state index contributed by atoms with van der Waals surface area (Å²) in [6.45, 7) is 3.38. The Labute approximate surface area is 364 Å². The Morgan fingerprint density at radius 1 is 0.567 bits per heavy atom. The van der Waals surface area contributed by atoms with Crippen LogP contribution in [0.2, 0.25) is 0 Å². The maximum absolute atomic E-state index is 13.1. The highest BCUT2D eigenvalue weighted by Gasteiger charge is 2.44. The molecule has 8 N–H and O–H groups in total. The van der Waals surface area contributed by atoms with E-state index in [9.17, 15) is 40.5 Å². The minimum absolute atomic E-state index is 0.238. The van der Waals surface area contributed by atoms with Crippen molar-refractivity contribution in [2.24, 2.45) is 0 Å². The van der Waals surface area contributed by atoms with Crippen LogP contribution in [0.1, 0.15) is 187 Å². The van der Waals surface area contributed by atoms with E-state index in [-0.39, 0.29) is 12.8 Å². The quantitative estimate of drug-likeness (QED) is 0.0221. The van der Waals surface area contributed by atoms with Gasteiger partial charge in [-0.3, -0.25) is 4.79 Å². The molecule has 0 saturated carbocycles. The van der Waals surface area contributed by atoms with Gasteiger partial charge in [-0.2, -0.15) is 0 Å². The first-order valence-electron chi connectivity index (χ1n) is 24.0. The molecule has 60 heavy (non-hydrogen) atoms. The SMILES string of the molecule is CCCCCC/C=C\CCCCCCCCC(O)C(=O)NC(COC1OC(CO)C(O)C(O)C1O)C(O)C(O)CCC/C=C/CC/C=C/CC/C=C/CCCCCCCC. The summed E-state index contributed by atoms with van der Waals surface area (Å²) in [6, 6.07) is -1.20. The summed E-state index contributed by atoms with van der Waals surface area (Å²) in [5.41, 5.74) is 0. The lowest BCUT2D eigenvalue weighted by molar-refractivity contribution is -0.303. The molecule has 350 valence electrons. The van der Waals surface area contributed by atoms with E-state index in [1.54, 1.807) is 0 Å². The third-order valence-corrected chi connectivity index (χ3v) is 11.3. The lowest BCUT2D eigenvalue weighted by atomic mass is 9.98. The molecule has 1 aliphatic heterocycles. The van der Waals surface area contributed by atoms with Crippen LogP contribution in [0, 0.1) is 0 Å². The minimum atomic E-state index is -1.67. The van der Waals surface area contributed by atoms with Gasteiger partial charge in [0, 0.05) is 0 Å². The fourth-order valence-electron chi connectivity index (χ4n) is 7.29. The van der Waals surface area contributed by atoms with Gasteiger partial charge < -0.3 is 50.5 Å². The van der Waals surface area contributed by atoms with Crippen molar-refractivity contribution < 1.29 is 50.0 Å². The van der Waals surface area contributed by atoms with Crippen LogP contribution in [0.5, 0.6) is 0 Å². The number of aliphatic hydroxyl groups excluding tert-OH is 7. The van der Waals surface area contributed by atoms with Crippen LogP contribution in [0.15, 0.2) is 48.6 Å². The monoisotopic (exact) mass is 852 g/mol. The van der Waals surface area contributed by atoms with Crippen LogP contribution in [-0.2, 0) is 14.3 Å². The molecule has 0 spiro atoms. The molecule has 9 atom stereocenters. The maximum atomic E-state index is 13.1. The van der Waals surface area contributed by atoms with Gasteiger partial charge in [0.2, 0.25) is 5.91 Å². The number of aliphatic hydroxyl groups is 7. The minimum Gasteiger partial charge on any atom is -0.394 e. The number of rotatable bonds is 39. The molecular weight excluding hydrogens is 763 g/mol. The first-order valence-corrected chi connectivity index (χ1v) is 24.0. The second kappa shape index (κ2) is 38.7. The topological polar surface area (TPSA) is 189 Å². The summed E-state index contributed by atoms with van der Waals surface area (Å²) in [4.78, 5) is 13.1. The first-order chi connectivity index (χ1) is 29.2. The number of nitrogens with one attached hydrogen (secondary N) is 1. The number of hydrogen-bond acceptors (Lipinski definition) is 10. The van der Waals surface area contributed by atoms with E-state index in [4.69, 9.17) is 9.47 Å². The molecule has 1 heterocycles. The fourth-order valence-corrected chi connectivity index (χ4v) is 7.29. The van der Waals surface area contributed by atoms with Crippen molar-refractivity contribution in [3.8, 4) is 0 Å². The van der Waals surface area contributed by atoms with Crippen LogP contribution in [0.25, 0.3) is 0 Å². The van der Waals surface area contributed by atoms with Crippen molar-refractivity contribution in [1.29, 1.82) is 0 Å². The molecular formula is C49H89NO10. The van der Waals surface area contributed by atoms with E-state index in [2.05, 4.69) is 67.8 Å². The van der Waals surface area contributed by atoms with E-state index < -0.39 is 74.2 Å². The number of carbonyl (C=O) groups is 1. The third-order valence-electron chi connectivity index (χ3n) is 11.3. The van der Waals surface area contributed by atoms with Gasteiger partial charge in [0.15, 0.2) is 6.29 Å². The predicted octanol–water partition coefficient (Wildman–Crippen LogP) is 8.17. The molecule has 0 aromatic rings. The smallest absolute Gasteiger partial charge is 0.249 e. The Hall–Kier alpha value is -1.93. The molecule has 1 fully saturated rings. The average Bonchev–Trinajstić information content (AvgIpc) is 3.25. The standard InChI is InChI=1S/C49H89NO10/c1-3-5-7-9-11-13-15-17-19-20-21-22-23-25-26-28-30-32-34-36-41(52)44(54)40(39-59-49-47(57)46(56)45(55)43(38-51)60-49)50-48(58)42(53)37-35-33-31-29-27-24-18-16-14-12-10-8-6-4-2/h14,16-17,19,22-23,28,30,40-47,49,51-57H,3-13,15,18,20-21,24-27,29,31-39H2,1-2H3,(H,50,58)/b16-14-,19-17+,23-22+,30-28+. The normalized spacial score (nSPS) is 22.1. The van der Waals surface area contributed by atoms with Gasteiger partial charge in [0.05, 0.1) is 25.4 Å². The summed E-state index contributed by atoms with van der Waals surface area (Å²) >= 11 is 0. The Morgan fingerprint density at radius 2 is 1.00 bits per heavy atom. The molecule has 1 rings (SSSR count). The number of ether oxygens (including phenoxy) is 2. The van der Waals surface area contributed by atoms with Crippen LogP contribution in [0.3, 0.4) is 0 Å². The number of amides is 1. The van der Waals surface area contributed by atoms with Gasteiger partial charge in [-0.25, -0.2) is 0 Å². The van der Waals surface area contributed by atoms with Gasteiger partial charge in [0.25, 0.3) is 0 Å². The lowest BCUT2D eigenvalue weighted by Crippen LogP contribution is -2.60. The van der Waals surface area contributed by atoms with E-state index in [0.717, 1.165) is 70.6 Å². The molecule has 0 radical (unpaired) electrons. The molecule has 0 aliphatic carbocycles. The molecule has 1 aliphatic rings. The summed E-state index contributed by atoms with van der Waals surface area (Å²) in [6.07, 6.45) is 34.4. The Morgan fingerprint density at radius 3 is 1.50 bits per heavy atom. The Bertz CT molecular complexity index is 1110. The van der Waals surface area contributed by atoms with Gasteiger partial charge in [-0.1, -0.05) is 146 Å². The zero-order valence-electron chi connectivity index (χ0n) is 37.7. The summed E-state index contributed by atoms with van der Waals surface area (Å²) in [5.74, 6) is -0.720. The maximum Gasteiger partial charge on any atom is 0.249 e. The second-order valence-electron chi connectivity index (χ2n) is 16.8. The molecule has 11 heteroatoms. The van der Waals surface area contributed by atoms with Gasteiger partial charge in [-0.05, 0) is 89.9 Å². The van der Waals surface area contributed by atoms with E-state index >= 15 is 0 Å². The molecule has 0 bridgehead atoms. The van der Waals surface area contributed by atoms with Crippen molar-refractivity contribution >= 4 is 5.91 Å². The van der Waals surface area contributed by atoms with Crippen LogP contribution >= 0.6 is 0 Å². The highest BCUT2D eigenvalue weighted by molar-refractivity contribution is 5.80. The molecule has 9 unspecified atom stereocenters. The third kappa shape index (κ3) is 27.9. The number of hydrogen-bond donors (Lipinski definition) is 8. The van der Waals surface area contributed by atoms with E-state index in [1.165, 1.54) is 70.6 Å². The first kappa shape index (κ1) is 56.1. The largest absolute Gasteiger partial charge is 0.394 e. The molecule has 1 saturated heterocycles. The number of carbonyl (C=O) groups excluding carboxylic acids is 1. The fraction of sp³-hybridized carbons (Fsp3) is 0.816. The molecule has 0 aromatic carbocycles. The highest BCUT2D eigenvalue weighted by Crippen LogP contribution is 2.23. The highest BCUT2D eigenvalue weighted by atomic mass is 16.7. The summed E-state index contributed by atoms with van der Waals surface area (Å²) in [5, 5.41) is 75.7. The van der Waals surface area contributed by atoms with Crippen molar-refractivity contribution in [2.45, 2.75) is 242 Å². The molecule has 1 amide bonds. The Balaban J connectivity index is 2.49. The predicted molar refractivity (Wildman–Crippen MR) is 242 cm³/mol. The van der Waals surface area contributed by atoms with Crippen LogP contribution in [0.4, 0.5) is 0 Å². The summed E-state index contributed by atoms with van der Waals surface area (Å²) in [7, 11) is 0. The molecule has 11 nitrogen and oxygen atoms in total. The van der Waals surface area contributed by atoms with Gasteiger partial charge >= 0.3 is 0 Å².